The van der Waals surface area contributed by atoms with Gasteiger partial charge in [0.25, 0.3) is 0 Å². The second-order valence-electron chi connectivity index (χ2n) is 6.30. The Bertz CT molecular complexity index is 830. The first-order valence-corrected chi connectivity index (χ1v) is 8.54. The van der Waals surface area contributed by atoms with E-state index in [1.54, 1.807) is 7.11 Å². The Morgan fingerprint density at radius 3 is 2.56 bits per heavy atom. The minimum absolute atomic E-state index is 0.299. The lowest BCUT2D eigenvalue weighted by Gasteiger charge is -2.16. The van der Waals surface area contributed by atoms with Crippen molar-refractivity contribution in [2.24, 2.45) is 0 Å². The van der Waals surface area contributed by atoms with Gasteiger partial charge in [0.15, 0.2) is 0 Å². The molecule has 25 heavy (non-hydrogen) atoms. The van der Waals surface area contributed by atoms with Crippen LogP contribution in [0.2, 0.25) is 0 Å². The molecule has 0 saturated carbocycles. The zero-order valence-electron chi connectivity index (χ0n) is 15.0. The van der Waals surface area contributed by atoms with Crippen molar-refractivity contribution >= 4 is 0 Å². The molecule has 1 aromatic heterocycles. The summed E-state index contributed by atoms with van der Waals surface area (Å²) in [5.74, 6) is 0.868. The molecule has 1 heterocycles. The Hall–Kier alpha value is -2.65. The number of pyridine rings is 1. The third-order valence-corrected chi connectivity index (χ3v) is 4.36. The number of aromatic nitrogens is 1. The molecule has 0 aliphatic carbocycles. The normalized spacial score (nSPS) is 12.0. The predicted octanol–water partition coefficient (Wildman–Crippen LogP) is 4.92. The molecule has 3 rings (SSSR count). The highest BCUT2D eigenvalue weighted by molar-refractivity contribution is 5.71. The highest BCUT2D eigenvalue weighted by atomic mass is 16.5. The average Bonchev–Trinajstić information content (AvgIpc) is 2.66. The van der Waals surface area contributed by atoms with Crippen LogP contribution in [0.5, 0.6) is 5.75 Å². The van der Waals surface area contributed by atoms with E-state index in [9.17, 15) is 0 Å². The van der Waals surface area contributed by atoms with E-state index in [1.807, 2.05) is 24.5 Å². The second kappa shape index (κ2) is 7.95. The van der Waals surface area contributed by atoms with Crippen molar-refractivity contribution in [1.29, 1.82) is 0 Å². The number of ether oxygens (including phenoxy) is 1. The Kier molecular flexibility index (Phi) is 5.46. The van der Waals surface area contributed by atoms with Crippen LogP contribution in [0, 0.1) is 6.92 Å². The summed E-state index contributed by atoms with van der Waals surface area (Å²) in [6.45, 7) is 5.03. The zero-order valence-corrected chi connectivity index (χ0v) is 15.0. The number of nitrogens with zero attached hydrogens (tertiary/aromatic N) is 1. The molecule has 1 atom stereocenters. The number of nitrogens with one attached hydrogen (secondary N) is 1. The highest BCUT2D eigenvalue weighted by Crippen LogP contribution is 2.31. The van der Waals surface area contributed by atoms with E-state index < -0.39 is 0 Å². The first-order chi connectivity index (χ1) is 12.2. The third-order valence-electron chi connectivity index (χ3n) is 4.36. The topological polar surface area (TPSA) is 34.1 Å². The standard InChI is InChI=1S/C22H24N2O/c1-16-11-20(15-23-13-16)21-12-18(9-10-22(21)25-3)14-24-17(2)19-7-5-4-6-8-19/h4-13,15,17,24H,14H2,1-3H3/t17-/m1/s1. The lowest BCUT2D eigenvalue weighted by molar-refractivity contribution is 0.416. The van der Waals surface area contributed by atoms with Crippen LogP contribution in [0.15, 0.2) is 67.0 Å². The van der Waals surface area contributed by atoms with Gasteiger partial charge < -0.3 is 10.1 Å². The van der Waals surface area contributed by atoms with Crippen LogP contribution in [-0.4, -0.2) is 12.1 Å². The van der Waals surface area contributed by atoms with Gasteiger partial charge in [-0.05, 0) is 48.7 Å². The van der Waals surface area contributed by atoms with E-state index in [-0.39, 0.29) is 0 Å². The number of benzene rings is 2. The van der Waals surface area contributed by atoms with Crippen molar-refractivity contribution in [2.75, 3.05) is 7.11 Å². The van der Waals surface area contributed by atoms with Gasteiger partial charge in [-0.25, -0.2) is 0 Å². The molecule has 128 valence electrons. The molecule has 0 unspecified atom stereocenters. The Morgan fingerprint density at radius 2 is 1.84 bits per heavy atom. The number of rotatable bonds is 6. The maximum Gasteiger partial charge on any atom is 0.126 e. The first-order valence-electron chi connectivity index (χ1n) is 8.54. The number of aryl methyl sites for hydroxylation is 1. The predicted molar refractivity (Wildman–Crippen MR) is 103 cm³/mol. The molecule has 0 aliphatic heterocycles. The van der Waals surface area contributed by atoms with Crippen LogP contribution in [-0.2, 0) is 6.54 Å². The molecule has 0 fully saturated rings. The summed E-state index contributed by atoms with van der Waals surface area (Å²) in [5.41, 5.74) is 5.81. The van der Waals surface area contributed by atoms with Crippen LogP contribution in [0.3, 0.4) is 0 Å². The first kappa shape index (κ1) is 17.2. The van der Waals surface area contributed by atoms with Crippen molar-refractivity contribution in [1.82, 2.24) is 10.3 Å². The van der Waals surface area contributed by atoms with Crippen molar-refractivity contribution in [3.05, 3.63) is 83.7 Å². The van der Waals surface area contributed by atoms with Crippen LogP contribution >= 0.6 is 0 Å². The van der Waals surface area contributed by atoms with Crippen LogP contribution < -0.4 is 10.1 Å². The van der Waals surface area contributed by atoms with Gasteiger partial charge >= 0.3 is 0 Å². The van der Waals surface area contributed by atoms with E-state index in [0.29, 0.717) is 6.04 Å². The van der Waals surface area contributed by atoms with Crippen molar-refractivity contribution < 1.29 is 4.74 Å². The molecule has 0 bridgehead atoms. The van der Waals surface area contributed by atoms with Gasteiger partial charge in [0, 0.05) is 36.1 Å². The molecule has 0 saturated heterocycles. The molecular formula is C22H24N2O. The molecule has 2 aromatic carbocycles. The van der Waals surface area contributed by atoms with Gasteiger partial charge in [-0.3, -0.25) is 4.98 Å². The monoisotopic (exact) mass is 332 g/mol. The average molecular weight is 332 g/mol. The summed E-state index contributed by atoms with van der Waals surface area (Å²) in [4.78, 5) is 4.31. The fourth-order valence-electron chi connectivity index (χ4n) is 2.92. The summed E-state index contributed by atoms with van der Waals surface area (Å²) in [7, 11) is 1.71. The Balaban J connectivity index is 1.80. The minimum Gasteiger partial charge on any atom is -0.496 e. The molecule has 0 radical (unpaired) electrons. The summed E-state index contributed by atoms with van der Waals surface area (Å²) >= 11 is 0. The van der Waals surface area contributed by atoms with Crippen molar-refractivity contribution in [3.8, 4) is 16.9 Å². The molecule has 1 N–H and O–H groups in total. The number of hydrogen-bond acceptors (Lipinski definition) is 3. The Labute approximate surface area is 149 Å². The van der Waals surface area contributed by atoms with Gasteiger partial charge in [-0.15, -0.1) is 0 Å². The van der Waals surface area contributed by atoms with Crippen LogP contribution in [0.1, 0.15) is 29.7 Å². The largest absolute Gasteiger partial charge is 0.496 e. The van der Waals surface area contributed by atoms with Gasteiger partial charge in [0.05, 0.1) is 7.11 Å². The van der Waals surface area contributed by atoms with Gasteiger partial charge in [-0.1, -0.05) is 36.4 Å². The van der Waals surface area contributed by atoms with Gasteiger partial charge in [-0.2, -0.15) is 0 Å². The van der Waals surface area contributed by atoms with E-state index in [4.69, 9.17) is 4.74 Å². The molecule has 0 amide bonds. The highest BCUT2D eigenvalue weighted by Gasteiger charge is 2.09. The summed E-state index contributed by atoms with van der Waals surface area (Å²) in [6, 6.07) is 19.2. The van der Waals surface area contributed by atoms with Gasteiger partial charge in [0.2, 0.25) is 0 Å². The lowest BCUT2D eigenvalue weighted by atomic mass is 10.0. The Morgan fingerprint density at radius 1 is 1.04 bits per heavy atom. The fraction of sp³-hybridized carbons (Fsp3) is 0.227. The fourth-order valence-corrected chi connectivity index (χ4v) is 2.92. The van der Waals surface area contributed by atoms with E-state index in [0.717, 1.165) is 29.0 Å². The maximum atomic E-state index is 5.54. The molecule has 3 aromatic rings. The van der Waals surface area contributed by atoms with Crippen LogP contribution in [0.4, 0.5) is 0 Å². The van der Waals surface area contributed by atoms with Gasteiger partial charge in [0.1, 0.15) is 5.75 Å². The van der Waals surface area contributed by atoms with E-state index >= 15 is 0 Å². The SMILES string of the molecule is COc1ccc(CN[C@H](C)c2ccccc2)cc1-c1cncc(C)c1. The van der Waals surface area contributed by atoms with E-state index in [1.165, 1.54) is 11.1 Å². The third kappa shape index (κ3) is 4.25. The maximum absolute atomic E-state index is 5.54. The van der Waals surface area contributed by atoms with Crippen molar-refractivity contribution in [2.45, 2.75) is 26.4 Å². The second-order valence-corrected chi connectivity index (χ2v) is 6.30. The quantitative estimate of drug-likeness (QED) is 0.696. The zero-order chi connectivity index (χ0) is 17.6. The molecule has 0 spiro atoms. The number of hydrogen-bond donors (Lipinski definition) is 1. The van der Waals surface area contributed by atoms with Crippen LogP contribution in [0.25, 0.3) is 11.1 Å². The molecule has 3 heteroatoms. The van der Waals surface area contributed by atoms with E-state index in [2.05, 4.69) is 66.6 Å². The minimum atomic E-state index is 0.299. The molecule has 0 aliphatic rings. The summed E-state index contributed by atoms with van der Waals surface area (Å²) < 4.78 is 5.54. The smallest absolute Gasteiger partial charge is 0.126 e. The molecular weight excluding hydrogens is 308 g/mol. The number of methoxy groups -OCH3 is 1. The van der Waals surface area contributed by atoms with Crippen molar-refractivity contribution in [3.63, 3.8) is 0 Å². The molecule has 3 nitrogen and oxygen atoms in total. The lowest BCUT2D eigenvalue weighted by Crippen LogP contribution is -2.18. The summed E-state index contributed by atoms with van der Waals surface area (Å²) in [6.07, 6.45) is 3.75. The summed E-state index contributed by atoms with van der Waals surface area (Å²) in [5, 5.41) is 3.59.